The lowest BCUT2D eigenvalue weighted by molar-refractivity contribution is 0.401. The average Bonchev–Trinajstić information content (AvgIpc) is 2.53. The van der Waals surface area contributed by atoms with Crippen LogP contribution < -0.4 is 5.73 Å². The van der Waals surface area contributed by atoms with E-state index in [1.807, 2.05) is 6.07 Å². The standard InChI is InChI=1S/C14H18N4O2S/c15-6-3-9-18(12-13-4-1-7-16-10-13)21(19,20)14-5-2-8-17-11-14/h1-2,4-5,7-8,10-11H,3,6,9,12,15H2. The summed E-state index contributed by atoms with van der Waals surface area (Å²) in [7, 11) is -3.58. The SMILES string of the molecule is NCCCN(Cc1cccnc1)S(=O)(=O)c1cccnc1. The predicted octanol–water partition coefficient (Wildman–Crippen LogP) is 1.02. The minimum absolute atomic E-state index is 0.186. The zero-order valence-electron chi connectivity index (χ0n) is 11.6. The van der Waals surface area contributed by atoms with Crippen LogP contribution in [-0.4, -0.2) is 35.8 Å². The van der Waals surface area contributed by atoms with Crippen molar-refractivity contribution in [1.82, 2.24) is 14.3 Å². The highest BCUT2D eigenvalue weighted by atomic mass is 32.2. The zero-order valence-corrected chi connectivity index (χ0v) is 12.4. The van der Waals surface area contributed by atoms with Gasteiger partial charge in [-0.3, -0.25) is 9.97 Å². The highest BCUT2D eigenvalue weighted by Crippen LogP contribution is 2.17. The molecule has 6 nitrogen and oxygen atoms in total. The molecule has 0 aliphatic carbocycles. The molecule has 0 spiro atoms. The summed E-state index contributed by atoms with van der Waals surface area (Å²) in [5.41, 5.74) is 6.34. The summed E-state index contributed by atoms with van der Waals surface area (Å²) in [4.78, 5) is 8.08. The molecule has 0 saturated carbocycles. The fourth-order valence-electron chi connectivity index (χ4n) is 1.90. The molecule has 2 aromatic rings. The second-order valence-electron chi connectivity index (χ2n) is 4.53. The number of nitrogens with two attached hydrogens (primary N) is 1. The maximum atomic E-state index is 12.7. The van der Waals surface area contributed by atoms with Crippen molar-refractivity contribution in [1.29, 1.82) is 0 Å². The minimum Gasteiger partial charge on any atom is -0.330 e. The fraction of sp³-hybridized carbons (Fsp3) is 0.286. The van der Waals surface area contributed by atoms with Gasteiger partial charge in [0.2, 0.25) is 10.0 Å². The number of rotatable bonds is 7. The summed E-state index contributed by atoms with van der Waals surface area (Å²) >= 11 is 0. The molecule has 7 heteroatoms. The molecule has 0 unspecified atom stereocenters. The third-order valence-corrected chi connectivity index (χ3v) is 4.79. The first-order valence-electron chi connectivity index (χ1n) is 6.64. The van der Waals surface area contributed by atoms with Crippen molar-refractivity contribution in [3.8, 4) is 0 Å². The molecule has 0 aliphatic heterocycles. The summed E-state index contributed by atoms with van der Waals surface area (Å²) in [6.07, 6.45) is 6.82. The number of hydrogen-bond donors (Lipinski definition) is 1. The Balaban J connectivity index is 2.27. The van der Waals surface area contributed by atoms with Crippen molar-refractivity contribution in [2.24, 2.45) is 5.73 Å². The van der Waals surface area contributed by atoms with Gasteiger partial charge in [-0.25, -0.2) is 8.42 Å². The number of hydrogen-bond acceptors (Lipinski definition) is 5. The topological polar surface area (TPSA) is 89.2 Å². The highest BCUT2D eigenvalue weighted by molar-refractivity contribution is 7.89. The lowest BCUT2D eigenvalue weighted by Gasteiger charge is -2.21. The molecule has 0 atom stereocenters. The van der Waals surface area contributed by atoms with Crippen LogP contribution in [0.1, 0.15) is 12.0 Å². The predicted molar refractivity (Wildman–Crippen MR) is 79.7 cm³/mol. The molecule has 0 amide bonds. The lowest BCUT2D eigenvalue weighted by atomic mass is 10.3. The van der Waals surface area contributed by atoms with Crippen molar-refractivity contribution in [2.75, 3.05) is 13.1 Å². The van der Waals surface area contributed by atoms with Crippen molar-refractivity contribution in [2.45, 2.75) is 17.9 Å². The molecule has 0 aliphatic rings. The van der Waals surface area contributed by atoms with Crippen LogP contribution in [0.3, 0.4) is 0 Å². The van der Waals surface area contributed by atoms with Crippen LogP contribution in [-0.2, 0) is 16.6 Å². The molecule has 0 aromatic carbocycles. The summed E-state index contributed by atoms with van der Waals surface area (Å²) in [5.74, 6) is 0. The molecule has 2 heterocycles. The normalized spacial score (nSPS) is 11.7. The maximum absolute atomic E-state index is 12.7. The lowest BCUT2D eigenvalue weighted by Crippen LogP contribution is -2.32. The van der Waals surface area contributed by atoms with E-state index in [4.69, 9.17) is 5.73 Å². The monoisotopic (exact) mass is 306 g/mol. The molecule has 0 bridgehead atoms. The zero-order chi connectivity index (χ0) is 15.1. The molecule has 21 heavy (non-hydrogen) atoms. The van der Waals surface area contributed by atoms with Crippen molar-refractivity contribution in [3.63, 3.8) is 0 Å². The van der Waals surface area contributed by atoms with E-state index >= 15 is 0 Å². The largest absolute Gasteiger partial charge is 0.330 e. The van der Waals surface area contributed by atoms with Crippen molar-refractivity contribution in [3.05, 3.63) is 54.6 Å². The van der Waals surface area contributed by atoms with E-state index in [0.717, 1.165) is 5.56 Å². The molecule has 0 saturated heterocycles. The Kier molecular flexibility index (Phi) is 5.38. The summed E-state index contributed by atoms with van der Waals surface area (Å²) < 4.78 is 26.7. The Bertz CT molecular complexity index is 647. The number of nitrogens with zero attached hydrogens (tertiary/aromatic N) is 3. The summed E-state index contributed by atoms with van der Waals surface area (Å²) in [5, 5.41) is 0. The van der Waals surface area contributed by atoms with Crippen LogP contribution in [0.15, 0.2) is 53.9 Å². The number of sulfonamides is 1. The van der Waals surface area contributed by atoms with Gasteiger partial charge in [0.15, 0.2) is 0 Å². The fourth-order valence-corrected chi connectivity index (χ4v) is 3.33. The van der Waals surface area contributed by atoms with E-state index in [0.29, 0.717) is 19.5 Å². The van der Waals surface area contributed by atoms with Gasteiger partial charge in [-0.05, 0) is 36.7 Å². The Morgan fingerprint density at radius 1 is 1.10 bits per heavy atom. The highest BCUT2D eigenvalue weighted by Gasteiger charge is 2.24. The Morgan fingerprint density at radius 2 is 1.81 bits per heavy atom. The van der Waals surface area contributed by atoms with E-state index < -0.39 is 10.0 Å². The van der Waals surface area contributed by atoms with Gasteiger partial charge in [-0.2, -0.15) is 4.31 Å². The summed E-state index contributed by atoms with van der Waals surface area (Å²) in [6, 6.07) is 6.79. The quantitative estimate of drug-likeness (QED) is 0.825. The van der Waals surface area contributed by atoms with E-state index in [9.17, 15) is 8.42 Å². The summed E-state index contributed by atoms with van der Waals surface area (Å²) in [6.45, 7) is 1.07. The van der Waals surface area contributed by atoms with Crippen LogP contribution in [0.2, 0.25) is 0 Å². The molecule has 2 aromatic heterocycles. The first-order valence-corrected chi connectivity index (χ1v) is 8.08. The number of pyridine rings is 2. The van der Waals surface area contributed by atoms with Gasteiger partial charge in [-0.1, -0.05) is 6.07 Å². The average molecular weight is 306 g/mol. The first kappa shape index (κ1) is 15.6. The van der Waals surface area contributed by atoms with E-state index in [1.54, 1.807) is 36.8 Å². The first-order chi connectivity index (χ1) is 10.1. The Labute approximate surface area is 124 Å². The molecule has 0 radical (unpaired) electrons. The molecular weight excluding hydrogens is 288 g/mol. The van der Waals surface area contributed by atoms with Crippen LogP contribution in [0.4, 0.5) is 0 Å². The molecule has 2 N–H and O–H groups in total. The molecular formula is C14H18N4O2S. The Morgan fingerprint density at radius 3 is 2.38 bits per heavy atom. The second kappa shape index (κ2) is 7.26. The van der Waals surface area contributed by atoms with Crippen LogP contribution in [0, 0.1) is 0 Å². The third kappa shape index (κ3) is 4.07. The van der Waals surface area contributed by atoms with E-state index in [2.05, 4.69) is 9.97 Å². The van der Waals surface area contributed by atoms with E-state index in [-0.39, 0.29) is 11.4 Å². The van der Waals surface area contributed by atoms with Crippen LogP contribution in [0.5, 0.6) is 0 Å². The van der Waals surface area contributed by atoms with E-state index in [1.165, 1.54) is 10.5 Å². The van der Waals surface area contributed by atoms with Gasteiger partial charge in [0.05, 0.1) is 0 Å². The van der Waals surface area contributed by atoms with Gasteiger partial charge < -0.3 is 5.73 Å². The maximum Gasteiger partial charge on any atom is 0.244 e. The second-order valence-corrected chi connectivity index (χ2v) is 6.47. The van der Waals surface area contributed by atoms with Gasteiger partial charge >= 0.3 is 0 Å². The van der Waals surface area contributed by atoms with Crippen molar-refractivity contribution < 1.29 is 8.42 Å². The van der Waals surface area contributed by atoms with Gasteiger partial charge in [0.1, 0.15) is 4.90 Å². The molecule has 112 valence electrons. The molecule has 0 fully saturated rings. The minimum atomic E-state index is -3.58. The van der Waals surface area contributed by atoms with Crippen molar-refractivity contribution >= 4 is 10.0 Å². The van der Waals surface area contributed by atoms with Gasteiger partial charge in [-0.15, -0.1) is 0 Å². The van der Waals surface area contributed by atoms with Crippen LogP contribution in [0.25, 0.3) is 0 Å². The number of aromatic nitrogens is 2. The van der Waals surface area contributed by atoms with Gasteiger partial charge in [0.25, 0.3) is 0 Å². The van der Waals surface area contributed by atoms with Gasteiger partial charge in [0, 0.05) is 37.9 Å². The smallest absolute Gasteiger partial charge is 0.244 e. The third-order valence-electron chi connectivity index (χ3n) is 2.97. The molecule has 2 rings (SSSR count). The van der Waals surface area contributed by atoms with Crippen LogP contribution >= 0.6 is 0 Å². The Hall–Kier alpha value is -1.83.